The molecule has 2 aromatic rings. The number of nitrogens with zero attached hydrogens (tertiary/aromatic N) is 3. The van der Waals surface area contributed by atoms with E-state index >= 15 is 0 Å². The molecule has 1 fully saturated rings. The van der Waals surface area contributed by atoms with Gasteiger partial charge < -0.3 is 5.73 Å². The lowest BCUT2D eigenvalue weighted by Gasteiger charge is -2.32. The number of hydrogen-bond acceptors (Lipinski definition) is 3. The van der Waals surface area contributed by atoms with Crippen molar-refractivity contribution in [3.63, 3.8) is 0 Å². The number of aromatic nitrogens is 3. The highest BCUT2D eigenvalue weighted by atomic mass is 15.2. The monoisotopic (exact) mass is 230 g/mol. The number of rotatable bonds is 2. The molecule has 3 rings (SSSR count). The number of imidazole rings is 1. The van der Waals surface area contributed by atoms with Crippen molar-refractivity contribution < 1.29 is 0 Å². The maximum atomic E-state index is 6.03. The minimum Gasteiger partial charge on any atom is -0.369 e. The molecule has 0 amide bonds. The van der Waals surface area contributed by atoms with Gasteiger partial charge in [-0.15, -0.1) is 0 Å². The molecule has 17 heavy (non-hydrogen) atoms. The molecule has 1 atom stereocenters. The van der Waals surface area contributed by atoms with Crippen LogP contribution in [0.4, 0.5) is 5.95 Å². The molecule has 1 saturated carbocycles. The summed E-state index contributed by atoms with van der Waals surface area (Å²) in [5, 5.41) is 0. The van der Waals surface area contributed by atoms with Gasteiger partial charge in [0.15, 0.2) is 5.65 Å². The summed E-state index contributed by atoms with van der Waals surface area (Å²) in [7, 11) is 0. The molecule has 1 unspecified atom stereocenters. The summed E-state index contributed by atoms with van der Waals surface area (Å²) < 4.78 is 2.10. The van der Waals surface area contributed by atoms with Crippen LogP contribution in [0.25, 0.3) is 11.2 Å². The molecule has 0 spiro atoms. The summed E-state index contributed by atoms with van der Waals surface area (Å²) in [5.41, 5.74) is 8.88. The van der Waals surface area contributed by atoms with E-state index in [1.807, 2.05) is 19.1 Å². The Morgan fingerprint density at radius 2 is 2.12 bits per heavy atom. The minimum atomic E-state index is 0.406. The van der Waals surface area contributed by atoms with Crippen LogP contribution in [0.15, 0.2) is 12.1 Å². The standard InChI is InChI=1S/C13H18N4/c1-8-6-7-11-12(15-8)17(13(14)16-11)9(2)10-4-3-5-10/h6-7,9-10H,3-5H2,1-2H3,(H2,14,16). The van der Waals surface area contributed by atoms with Crippen LogP contribution in [0.2, 0.25) is 0 Å². The van der Waals surface area contributed by atoms with Crippen molar-refractivity contribution in [1.29, 1.82) is 0 Å². The number of aryl methyl sites for hydroxylation is 1. The van der Waals surface area contributed by atoms with Crippen LogP contribution >= 0.6 is 0 Å². The van der Waals surface area contributed by atoms with Gasteiger partial charge in [0.1, 0.15) is 5.52 Å². The fourth-order valence-electron chi connectivity index (χ4n) is 2.62. The summed E-state index contributed by atoms with van der Waals surface area (Å²) in [6, 6.07) is 4.38. The number of hydrogen-bond donors (Lipinski definition) is 1. The van der Waals surface area contributed by atoms with Gasteiger partial charge in [0.25, 0.3) is 0 Å². The van der Waals surface area contributed by atoms with E-state index in [0.717, 1.165) is 22.8 Å². The Hall–Kier alpha value is -1.58. The van der Waals surface area contributed by atoms with Crippen molar-refractivity contribution in [2.24, 2.45) is 5.92 Å². The molecule has 0 bridgehead atoms. The largest absolute Gasteiger partial charge is 0.369 e. The first kappa shape index (κ1) is 10.6. The zero-order valence-corrected chi connectivity index (χ0v) is 10.3. The van der Waals surface area contributed by atoms with E-state index in [9.17, 15) is 0 Å². The summed E-state index contributed by atoms with van der Waals surface area (Å²) >= 11 is 0. The maximum Gasteiger partial charge on any atom is 0.202 e. The van der Waals surface area contributed by atoms with Crippen LogP contribution < -0.4 is 5.73 Å². The van der Waals surface area contributed by atoms with Crippen molar-refractivity contribution in [1.82, 2.24) is 14.5 Å². The molecule has 4 nitrogen and oxygen atoms in total. The van der Waals surface area contributed by atoms with Crippen molar-refractivity contribution in [3.8, 4) is 0 Å². The number of fused-ring (bicyclic) bond motifs is 1. The van der Waals surface area contributed by atoms with Crippen LogP contribution in [-0.2, 0) is 0 Å². The number of pyridine rings is 1. The van der Waals surface area contributed by atoms with E-state index in [4.69, 9.17) is 5.73 Å². The summed E-state index contributed by atoms with van der Waals surface area (Å²) in [4.78, 5) is 8.97. The number of anilines is 1. The Balaban J connectivity index is 2.13. The summed E-state index contributed by atoms with van der Waals surface area (Å²) in [6.07, 6.45) is 3.94. The quantitative estimate of drug-likeness (QED) is 0.863. The average molecular weight is 230 g/mol. The molecule has 0 aromatic carbocycles. The SMILES string of the molecule is Cc1ccc2nc(N)n(C(C)C3CCC3)c2n1. The first-order chi connectivity index (χ1) is 8.16. The van der Waals surface area contributed by atoms with Crippen LogP contribution in [0.5, 0.6) is 0 Å². The molecule has 0 aliphatic heterocycles. The molecule has 90 valence electrons. The first-order valence-corrected chi connectivity index (χ1v) is 6.28. The minimum absolute atomic E-state index is 0.406. The molecular formula is C13H18N4. The van der Waals surface area contributed by atoms with Crippen molar-refractivity contribution >= 4 is 17.1 Å². The molecule has 2 N–H and O–H groups in total. The molecule has 2 heterocycles. The third kappa shape index (κ3) is 1.59. The van der Waals surface area contributed by atoms with Crippen molar-refractivity contribution in [2.75, 3.05) is 5.73 Å². The Kier molecular flexibility index (Phi) is 2.31. The third-order valence-corrected chi connectivity index (χ3v) is 3.94. The predicted octanol–water partition coefficient (Wildman–Crippen LogP) is 2.68. The molecule has 1 aliphatic carbocycles. The van der Waals surface area contributed by atoms with E-state index in [-0.39, 0.29) is 0 Å². The average Bonchev–Trinajstić information content (AvgIpc) is 2.50. The molecular weight excluding hydrogens is 212 g/mol. The van der Waals surface area contributed by atoms with Crippen LogP contribution in [0, 0.1) is 12.8 Å². The Bertz CT molecular complexity index is 554. The second-order valence-electron chi connectivity index (χ2n) is 5.07. The molecule has 0 saturated heterocycles. The smallest absolute Gasteiger partial charge is 0.202 e. The van der Waals surface area contributed by atoms with Gasteiger partial charge in [0.05, 0.1) is 0 Å². The van der Waals surface area contributed by atoms with Gasteiger partial charge in [-0.1, -0.05) is 6.42 Å². The second-order valence-corrected chi connectivity index (χ2v) is 5.07. The van der Waals surface area contributed by atoms with E-state index in [1.165, 1.54) is 19.3 Å². The van der Waals surface area contributed by atoms with E-state index < -0.39 is 0 Å². The van der Waals surface area contributed by atoms with Gasteiger partial charge in [-0.2, -0.15) is 0 Å². The van der Waals surface area contributed by atoms with Gasteiger partial charge in [-0.05, 0) is 44.7 Å². The lowest BCUT2D eigenvalue weighted by Crippen LogP contribution is -2.24. The van der Waals surface area contributed by atoms with Crippen molar-refractivity contribution in [3.05, 3.63) is 17.8 Å². The topological polar surface area (TPSA) is 56.7 Å². The van der Waals surface area contributed by atoms with Gasteiger partial charge in [0, 0.05) is 11.7 Å². The second kappa shape index (κ2) is 3.72. The number of nitrogens with two attached hydrogens (primary N) is 1. The van der Waals surface area contributed by atoms with Gasteiger partial charge in [0.2, 0.25) is 5.95 Å². The van der Waals surface area contributed by atoms with Crippen LogP contribution in [0.3, 0.4) is 0 Å². The zero-order chi connectivity index (χ0) is 12.0. The molecule has 0 radical (unpaired) electrons. The van der Waals surface area contributed by atoms with Gasteiger partial charge >= 0.3 is 0 Å². The van der Waals surface area contributed by atoms with E-state index in [2.05, 4.69) is 21.5 Å². The first-order valence-electron chi connectivity index (χ1n) is 6.28. The molecule has 1 aliphatic rings. The lowest BCUT2D eigenvalue weighted by molar-refractivity contribution is 0.227. The zero-order valence-electron chi connectivity index (χ0n) is 10.3. The van der Waals surface area contributed by atoms with Crippen molar-refractivity contribution in [2.45, 2.75) is 39.2 Å². The Morgan fingerprint density at radius 1 is 1.35 bits per heavy atom. The Morgan fingerprint density at radius 3 is 2.76 bits per heavy atom. The number of nitrogen functional groups attached to an aromatic ring is 1. The molecule has 4 heteroatoms. The fourth-order valence-corrected chi connectivity index (χ4v) is 2.62. The van der Waals surface area contributed by atoms with Crippen LogP contribution in [0.1, 0.15) is 37.9 Å². The maximum absolute atomic E-state index is 6.03. The van der Waals surface area contributed by atoms with E-state index in [1.54, 1.807) is 0 Å². The van der Waals surface area contributed by atoms with E-state index in [0.29, 0.717) is 12.0 Å². The molecule has 2 aromatic heterocycles. The summed E-state index contributed by atoms with van der Waals surface area (Å²) in [6.45, 7) is 4.23. The summed E-state index contributed by atoms with van der Waals surface area (Å²) in [5.74, 6) is 1.33. The highest BCUT2D eigenvalue weighted by molar-refractivity contribution is 5.74. The highest BCUT2D eigenvalue weighted by Gasteiger charge is 2.27. The lowest BCUT2D eigenvalue weighted by atomic mass is 9.80. The Labute approximate surface area is 101 Å². The fraction of sp³-hybridized carbons (Fsp3) is 0.538. The van der Waals surface area contributed by atoms with Crippen LogP contribution in [-0.4, -0.2) is 14.5 Å². The predicted molar refractivity (Wildman–Crippen MR) is 68.7 cm³/mol. The third-order valence-electron chi connectivity index (χ3n) is 3.94. The highest BCUT2D eigenvalue weighted by Crippen LogP contribution is 2.38. The normalized spacial score (nSPS) is 18.2. The van der Waals surface area contributed by atoms with Gasteiger partial charge in [-0.3, -0.25) is 4.57 Å². The van der Waals surface area contributed by atoms with Gasteiger partial charge in [-0.25, -0.2) is 9.97 Å².